The Bertz CT molecular complexity index is 750. The van der Waals surface area contributed by atoms with Crippen molar-refractivity contribution in [3.63, 3.8) is 0 Å². The lowest BCUT2D eigenvalue weighted by molar-refractivity contribution is -0.244. The van der Waals surface area contributed by atoms with Crippen LogP contribution in [0.4, 0.5) is 0 Å². The van der Waals surface area contributed by atoms with E-state index in [4.69, 9.17) is 18.9 Å². The van der Waals surface area contributed by atoms with Crippen LogP contribution in [0.15, 0.2) is 24.3 Å². The van der Waals surface area contributed by atoms with Gasteiger partial charge in [0.25, 0.3) is 0 Å². The van der Waals surface area contributed by atoms with Gasteiger partial charge in [-0.25, -0.2) is 0 Å². The molecular formula is C22H35N3O9. The quantitative estimate of drug-likeness (QED) is 0.160. The lowest BCUT2D eigenvalue weighted by Gasteiger charge is -2.42. The average Bonchev–Trinajstić information content (AvgIpc) is 2.82. The van der Waals surface area contributed by atoms with Gasteiger partial charge < -0.3 is 50.2 Å². The second kappa shape index (κ2) is 14.8. The zero-order valence-corrected chi connectivity index (χ0v) is 19.4. The molecule has 0 aromatic heterocycles. The molecule has 1 saturated heterocycles. The number of carbonyl (C=O) groups excluding carboxylic acids is 2. The molecule has 34 heavy (non-hydrogen) atoms. The smallest absolute Gasteiger partial charge is 0.246 e. The van der Waals surface area contributed by atoms with Crippen molar-refractivity contribution in [2.75, 3.05) is 46.6 Å². The van der Waals surface area contributed by atoms with Crippen LogP contribution < -0.4 is 20.7 Å². The third kappa shape index (κ3) is 9.14. The number of ether oxygens (including phenoxy) is 4. The topological polar surface area (TPSA) is 168 Å². The summed E-state index contributed by atoms with van der Waals surface area (Å²) in [5, 5.41) is 38.0. The highest BCUT2D eigenvalue weighted by molar-refractivity contribution is 5.77. The normalized spacial score (nSPS) is 24.4. The minimum atomic E-state index is -1.39. The van der Waals surface area contributed by atoms with Crippen LogP contribution in [0.2, 0.25) is 0 Å². The van der Waals surface area contributed by atoms with Gasteiger partial charge in [-0.3, -0.25) is 9.59 Å². The molecule has 0 saturated carbocycles. The van der Waals surface area contributed by atoms with Crippen molar-refractivity contribution in [1.82, 2.24) is 16.0 Å². The van der Waals surface area contributed by atoms with E-state index in [1.54, 1.807) is 24.3 Å². The summed E-state index contributed by atoms with van der Waals surface area (Å²) < 4.78 is 21.9. The minimum absolute atomic E-state index is 0.0691. The number of benzene rings is 1. The summed E-state index contributed by atoms with van der Waals surface area (Å²) in [6.45, 7) is 3.03. The number of amides is 2. The van der Waals surface area contributed by atoms with Gasteiger partial charge in [0.1, 0.15) is 36.7 Å². The SMILES string of the molecule is CNCCOCCOCC(=O)NCc1ccc(O[C@@H]2OC(CO)[C@@H](O)[C@H](O)C2NC(C)=O)cc1. The third-order valence-electron chi connectivity index (χ3n) is 5.02. The van der Waals surface area contributed by atoms with Crippen molar-refractivity contribution in [2.45, 2.75) is 44.1 Å². The number of carbonyl (C=O) groups is 2. The van der Waals surface area contributed by atoms with E-state index >= 15 is 0 Å². The fourth-order valence-corrected chi connectivity index (χ4v) is 3.20. The first-order chi connectivity index (χ1) is 16.3. The Labute approximate surface area is 198 Å². The van der Waals surface area contributed by atoms with Crippen molar-refractivity contribution >= 4 is 11.8 Å². The maximum absolute atomic E-state index is 11.9. The van der Waals surface area contributed by atoms with Crippen LogP contribution in [0.1, 0.15) is 12.5 Å². The highest BCUT2D eigenvalue weighted by Crippen LogP contribution is 2.24. The molecule has 5 atom stereocenters. The number of likely N-dealkylation sites (N-methyl/N-ethyl adjacent to an activating group) is 1. The average molecular weight is 486 g/mol. The van der Waals surface area contributed by atoms with Crippen LogP contribution in [0, 0.1) is 0 Å². The summed E-state index contributed by atoms with van der Waals surface area (Å²) in [6.07, 6.45) is -4.98. The Hall–Kier alpha value is -2.32. The monoisotopic (exact) mass is 485 g/mol. The van der Waals surface area contributed by atoms with Crippen molar-refractivity contribution in [2.24, 2.45) is 0 Å². The third-order valence-corrected chi connectivity index (χ3v) is 5.02. The lowest BCUT2D eigenvalue weighted by Crippen LogP contribution is -2.65. The van der Waals surface area contributed by atoms with E-state index in [9.17, 15) is 24.9 Å². The Morgan fingerprint density at radius 3 is 2.41 bits per heavy atom. The molecular weight excluding hydrogens is 450 g/mol. The second-order valence-electron chi connectivity index (χ2n) is 7.74. The van der Waals surface area contributed by atoms with Gasteiger partial charge in [-0.15, -0.1) is 0 Å². The number of rotatable bonds is 14. The van der Waals surface area contributed by atoms with Gasteiger partial charge in [0.05, 0.1) is 26.4 Å². The zero-order valence-electron chi connectivity index (χ0n) is 19.4. The molecule has 0 radical (unpaired) electrons. The fourth-order valence-electron chi connectivity index (χ4n) is 3.20. The van der Waals surface area contributed by atoms with Crippen LogP contribution in [0.25, 0.3) is 0 Å². The summed E-state index contributed by atoms with van der Waals surface area (Å²) in [4.78, 5) is 23.4. The van der Waals surface area contributed by atoms with E-state index in [2.05, 4.69) is 16.0 Å². The summed E-state index contributed by atoms with van der Waals surface area (Å²) in [5.41, 5.74) is 0.808. The highest BCUT2D eigenvalue weighted by Gasteiger charge is 2.46. The lowest BCUT2D eigenvalue weighted by atomic mass is 9.97. The number of nitrogens with one attached hydrogen (secondary N) is 3. The fraction of sp³-hybridized carbons (Fsp3) is 0.636. The maximum Gasteiger partial charge on any atom is 0.246 e. The molecule has 2 rings (SSSR count). The molecule has 1 aromatic carbocycles. The summed E-state index contributed by atoms with van der Waals surface area (Å²) in [6, 6.07) is 5.71. The molecule has 12 heteroatoms. The number of hydrogen-bond donors (Lipinski definition) is 6. The molecule has 2 unspecified atom stereocenters. The van der Waals surface area contributed by atoms with Crippen molar-refractivity contribution in [1.29, 1.82) is 0 Å². The van der Waals surface area contributed by atoms with E-state index in [-0.39, 0.29) is 19.1 Å². The van der Waals surface area contributed by atoms with Gasteiger partial charge in [0.15, 0.2) is 0 Å². The van der Waals surface area contributed by atoms with Crippen LogP contribution >= 0.6 is 0 Å². The molecule has 0 aliphatic carbocycles. The Morgan fingerprint density at radius 2 is 1.76 bits per heavy atom. The van der Waals surface area contributed by atoms with E-state index in [1.165, 1.54) is 6.92 Å². The molecule has 0 spiro atoms. The summed E-state index contributed by atoms with van der Waals surface area (Å²) in [5.74, 6) is -0.323. The molecule has 1 aliphatic heterocycles. The summed E-state index contributed by atoms with van der Waals surface area (Å²) >= 11 is 0. The predicted molar refractivity (Wildman–Crippen MR) is 120 cm³/mol. The molecule has 1 fully saturated rings. The molecule has 1 aliphatic rings. The van der Waals surface area contributed by atoms with Gasteiger partial charge in [-0.1, -0.05) is 12.1 Å². The largest absolute Gasteiger partial charge is 0.463 e. The van der Waals surface area contributed by atoms with Gasteiger partial charge in [-0.2, -0.15) is 0 Å². The van der Waals surface area contributed by atoms with Crippen molar-refractivity contribution in [3.05, 3.63) is 29.8 Å². The van der Waals surface area contributed by atoms with Gasteiger partial charge >= 0.3 is 0 Å². The van der Waals surface area contributed by atoms with Crippen LogP contribution in [-0.4, -0.2) is 104 Å². The minimum Gasteiger partial charge on any atom is -0.463 e. The molecule has 1 heterocycles. The number of hydrogen-bond acceptors (Lipinski definition) is 10. The van der Waals surface area contributed by atoms with Gasteiger partial charge in [0, 0.05) is 20.0 Å². The Kier molecular flexibility index (Phi) is 12.2. The molecule has 1 aromatic rings. The van der Waals surface area contributed by atoms with Crippen molar-refractivity contribution in [3.8, 4) is 5.75 Å². The van der Waals surface area contributed by atoms with Gasteiger partial charge in [-0.05, 0) is 24.7 Å². The van der Waals surface area contributed by atoms with E-state index in [0.717, 1.165) is 12.1 Å². The van der Waals surface area contributed by atoms with E-state index < -0.39 is 43.2 Å². The number of aliphatic hydroxyl groups excluding tert-OH is 3. The van der Waals surface area contributed by atoms with E-state index in [1.807, 2.05) is 7.05 Å². The predicted octanol–water partition coefficient (Wildman–Crippen LogP) is -2.12. The maximum atomic E-state index is 11.9. The first kappa shape index (κ1) is 27.9. The standard InChI is InChI=1S/C22H35N3O9/c1-14(27)25-19-21(30)20(29)17(12-26)34-22(19)33-16-5-3-15(4-6-16)11-24-18(28)13-32-10-9-31-8-7-23-2/h3-6,17,19-23,26,29-30H,7-13H2,1-2H3,(H,24,28)(H,25,27)/t17?,19?,20-,21-,22-/m1/s1. The van der Waals surface area contributed by atoms with Crippen molar-refractivity contribution < 1.29 is 43.9 Å². The second-order valence-corrected chi connectivity index (χ2v) is 7.74. The molecule has 0 bridgehead atoms. The zero-order chi connectivity index (χ0) is 24.9. The van der Waals surface area contributed by atoms with Crippen LogP contribution in [0.5, 0.6) is 5.75 Å². The van der Waals surface area contributed by atoms with E-state index in [0.29, 0.717) is 25.6 Å². The molecule has 6 N–H and O–H groups in total. The summed E-state index contributed by atoms with van der Waals surface area (Å²) in [7, 11) is 1.84. The van der Waals surface area contributed by atoms with Crippen LogP contribution in [0.3, 0.4) is 0 Å². The highest BCUT2D eigenvalue weighted by atomic mass is 16.7. The molecule has 2 amide bonds. The number of aliphatic hydroxyl groups is 3. The van der Waals surface area contributed by atoms with Gasteiger partial charge in [0.2, 0.25) is 18.1 Å². The first-order valence-corrected chi connectivity index (χ1v) is 11.1. The molecule has 12 nitrogen and oxygen atoms in total. The Morgan fingerprint density at radius 1 is 1.06 bits per heavy atom. The Balaban J connectivity index is 1.80. The first-order valence-electron chi connectivity index (χ1n) is 11.1. The van der Waals surface area contributed by atoms with Crippen LogP contribution in [-0.2, 0) is 30.3 Å². The molecule has 192 valence electrons.